The van der Waals surface area contributed by atoms with Crippen molar-refractivity contribution in [2.45, 2.75) is 13.0 Å². The monoisotopic (exact) mass is 337 g/mol. The molecule has 130 valence electrons. The molecule has 1 aromatic rings. The lowest BCUT2D eigenvalue weighted by Crippen LogP contribution is -2.38. The molecule has 0 spiro atoms. The van der Waals surface area contributed by atoms with E-state index in [1.807, 2.05) is 4.90 Å². The summed E-state index contributed by atoms with van der Waals surface area (Å²) in [7, 11) is 0. The molecule has 2 fully saturated rings. The third-order valence-electron chi connectivity index (χ3n) is 4.03. The van der Waals surface area contributed by atoms with Gasteiger partial charge in [-0.3, -0.25) is 9.69 Å². The number of halogens is 1. The zero-order chi connectivity index (χ0) is 17.1. The Morgan fingerprint density at radius 2 is 2.08 bits per heavy atom. The zero-order valence-corrected chi connectivity index (χ0v) is 13.5. The fourth-order valence-electron chi connectivity index (χ4n) is 2.86. The molecule has 0 bridgehead atoms. The second-order valence-corrected chi connectivity index (χ2v) is 5.79. The first-order valence-corrected chi connectivity index (χ1v) is 7.89. The highest BCUT2D eigenvalue weighted by Gasteiger charge is 2.34. The van der Waals surface area contributed by atoms with Crippen molar-refractivity contribution in [2.24, 2.45) is 0 Å². The number of anilines is 2. The quantitative estimate of drug-likeness (QED) is 0.892. The Morgan fingerprint density at radius 1 is 1.33 bits per heavy atom. The number of carbonyl (C=O) groups excluding carboxylic acids is 2. The molecular weight excluding hydrogens is 317 g/mol. The van der Waals surface area contributed by atoms with Gasteiger partial charge in [-0.25, -0.2) is 9.18 Å². The summed E-state index contributed by atoms with van der Waals surface area (Å²) in [6.45, 7) is 4.36. The van der Waals surface area contributed by atoms with Gasteiger partial charge in [0.05, 0.1) is 37.7 Å². The van der Waals surface area contributed by atoms with Crippen LogP contribution in [0.1, 0.15) is 6.92 Å². The summed E-state index contributed by atoms with van der Waals surface area (Å²) in [5, 5.41) is 2.64. The van der Waals surface area contributed by atoms with Crippen LogP contribution in [0, 0.1) is 5.82 Å². The first-order valence-electron chi connectivity index (χ1n) is 7.89. The Kier molecular flexibility index (Phi) is 4.84. The van der Waals surface area contributed by atoms with Gasteiger partial charge in [0.2, 0.25) is 5.91 Å². The molecule has 1 N–H and O–H groups in total. The van der Waals surface area contributed by atoms with Crippen LogP contribution in [-0.4, -0.2) is 57.5 Å². The number of cyclic esters (lactones) is 1. The summed E-state index contributed by atoms with van der Waals surface area (Å²) < 4.78 is 24.3. The summed E-state index contributed by atoms with van der Waals surface area (Å²) >= 11 is 0. The average Bonchev–Trinajstić information content (AvgIpc) is 2.94. The van der Waals surface area contributed by atoms with Gasteiger partial charge in [-0.15, -0.1) is 0 Å². The molecule has 8 heteroatoms. The van der Waals surface area contributed by atoms with Crippen molar-refractivity contribution in [3.63, 3.8) is 0 Å². The minimum Gasteiger partial charge on any atom is -0.442 e. The van der Waals surface area contributed by atoms with Crippen LogP contribution in [0.4, 0.5) is 20.6 Å². The van der Waals surface area contributed by atoms with Crippen LogP contribution in [-0.2, 0) is 14.3 Å². The first kappa shape index (κ1) is 16.5. The van der Waals surface area contributed by atoms with E-state index in [0.29, 0.717) is 44.2 Å². The smallest absolute Gasteiger partial charge is 0.414 e. The van der Waals surface area contributed by atoms with Gasteiger partial charge in [0, 0.05) is 20.0 Å². The van der Waals surface area contributed by atoms with Gasteiger partial charge in [0.15, 0.2) is 0 Å². The van der Waals surface area contributed by atoms with Crippen molar-refractivity contribution in [3.05, 3.63) is 24.0 Å². The Morgan fingerprint density at radius 3 is 2.79 bits per heavy atom. The Hall–Kier alpha value is -2.35. The van der Waals surface area contributed by atoms with E-state index in [1.165, 1.54) is 24.0 Å². The van der Waals surface area contributed by atoms with E-state index in [9.17, 15) is 14.0 Å². The number of morpholine rings is 1. The van der Waals surface area contributed by atoms with Crippen LogP contribution < -0.4 is 15.1 Å². The molecule has 0 radical (unpaired) electrons. The lowest BCUT2D eigenvalue weighted by Gasteiger charge is -2.32. The second-order valence-electron chi connectivity index (χ2n) is 5.79. The molecule has 0 aromatic heterocycles. The van der Waals surface area contributed by atoms with Crippen molar-refractivity contribution in [3.8, 4) is 0 Å². The number of amides is 2. The van der Waals surface area contributed by atoms with Crippen LogP contribution in [0.15, 0.2) is 18.2 Å². The predicted octanol–water partition coefficient (Wildman–Crippen LogP) is 1.12. The van der Waals surface area contributed by atoms with Crippen LogP contribution >= 0.6 is 0 Å². The molecule has 2 aliphatic heterocycles. The minimum absolute atomic E-state index is 0.180. The van der Waals surface area contributed by atoms with Crippen molar-refractivity contribution in [1.29, 1.82) is 0 Å². The second kappa shape index (κ2) is 7.04. The third-order valence-corrected chi connectivity index (χ3v) is 4.03. The van der Waals surface area contributed by atoms with E-state index < -0.39 is 12.2 Å². The summed E-state index contributed by atoms with van der Waals surface area (Å²) in [4.78, 5) is 26.7. The normalized spacial score (nSPS) is 20.9. The molecule has 0 saturated carbocycles. The summed E-state index contributed by atoms with van der Waals surface area (Å²) in [6.07, 6.45) is -0.921. The number of ether oxygens (including phenoxy) is 2. The molecule has 3 rings (SSSR count). The van der Waals surface area contributed by atoms with Crippen molar-refractivity contribution in [2.75, 3.05) is 49.2 Å². The van der Waals surface area contributed by atoms with Crippen molar-refractivity contribution < 1.29 is 23.5 Å². The number of nitrogens with zero attached hydrogens (tertiary/aromatic N) is 2. The highest BCUT2D eigenvalue weighted by Crippen LogP contribution is 2.33. The SMILES string of the molecule is CC(=O)NCC1CN(c2ccc(F)cc2N2CCOCC2)C(=O)O1. The molecule has 1 unspecified atom stereocenters. The van der Waals surface area contributed by atoms with Crippen molar-refractivity contribution >= 4 is 23.4 Å². The van der Waals surface area contributed by atoms with E-state index in [-0.39, 0.29) is 18.3 Å². The highest BCUT2D eigenvalue weighted by molar-refractivity contribution is 5.94. The number of hydrogen-bond acceptors (Lipinski definition) is 5. The van der Waals surface area contributed by atoms with Gasteiger partial charge in [-0.2, -0.15) is 0 Å². The van der Waals surface area contributed by atoms with Gasteiger partial charge in [0.25, 0.3) is 0 Å². The van der Waals surface area contributed by atoms with Gasteiger partial charge in [-0.1, -0.05) is 0 Å². The number of hydrogen-bond donors (Lipinski definition) is 1. The van der Waals surface area contributed by atoms with E-state index >= 15 is 0 Å². The number of benzene rings is 1. The largest absolute Gasteiger partial charge is 0.442 e. The summed E-state index contributed by atoms with van der Waals surface area (Å²) in [5.41, 5.74) is 1.25. The van der Waals surface area contributed by atoms with Crippen molar-refractivity contribution in [1.82, 2.24) is 5.32 Å². The van der Waals surface area contributed by atoms with Gasteiger partial charge in [0.1, 0.15) is 11.9 Å². The lowest BCUT2D eigenvalue weighted by atomic mass is 10.2. The molecule has 2 saturated heterocycles. The van der Waals surface area contributed by atoms with Crippen LogP contribution in [0.25, 0.3) is 0 Å². The fourth-order valence-corrected chi connectivity index (χ4v) is 2.86. The summed E-state index contributed by atoms with van der Waals surface area (Å²) in [6, 6.07) is 4.34. The molecule has 1 aromatic carbocycles. The maximum Gasteiger partial charge on any atom is 0.414 e. The van der Waals surface area contributed by atoms with Gasteiger partial charge < -0.3 is 19.7 Å². The minimum atomic E-state index is -0.494. The molecular formula is C16H20FN3O4. The van der Waals surface area contributed by atoms with Crippen LogP contribution in [0.3, 0.4) is 0 Å². The molecule has 0 aliphatic carbocycles. The molecule has 24 heavy (non-hydrogen) atoms. The third kappa shape index (κ3) is 3.59. The molecule has 1 atom stereocenters. The highest BCUT2D eigenvalue weighted by atomic mass is 19.1. The van der Waals surface area contributed by atoms with E-state index in [4.69, 9.17) is 9.47 Å². The molecule has 7 nitrogen and oxygen atoms in total. The van der Waals surface area contributed by atoms with E-state index in [1.54, 1.807) is 6.07 Å². The Labute approximate surface area is 139 Å². The summed E-state index contributed by atoms with van der Waals surface area (Å²) in [5.74, 6) is -0.539. The molecule has 2 heterocycles. The van der Waals surface area contributed by atoms with E-state index in [0.717, 1.165) is 0 Å². The van der Waals surface area contributed by atoms with Gasteiger partial charge in [-0.05, 0) is 18.2 Å². The van der Waals surface area contributed by atoms with E-state index in [2.05, 4.69) is 5.32 Å². The molecule has 2 amide bonds. The topological polar surface area (TPSA) is 71.1 Å². The standard InChI is InChI=1S/C16H20FN3O4/c1-11(21)18-9-13-10-20(16(22)24-13)14-3-2-12(17)8-15(14)19-4-6-23-7-5-19/h2-3,8,13H,4-7,9-10H2,1H3,(H,18,21). The maximum atomic E-state index is 13.7. The number of carbonyl (C=O) groups is 2. The fraction of sp³-hybridized carbons (Fsp3) is 0.500. The molecule has 2 aliphatic rings. The first-order chi connectivity index (χ1) is 11.5. The Bertz CT molecular complexity index is 634. The maximum absolute atomic E-state index is 13.7. The number of nitrogens with one attached hydrogen (secondary N) is 1. The van der Waals surface area contributed by atoms with Crippen LogP contribution in [0.5, 0.6) is 0 Å². The van der Waals surface area contributed by atoms with Crippen LogP contribution in [0.2, 0.25) is 0 Å². The average molecular weight is 337 g/mol. The van der Waals surface area contributed by atoms with Gasteiger partial charge >= 0.3 is 6.09 Å². The zero-order valence-electron chi connectivity index (χ0n) is 13.5. The Balaban J connectivity index is 1.80. The number of rotatable bonds is 4. The lowest BCUT2D eigenvalue weighted by molar-refractivity contribution is -0.119. The predicted molar refractivity (Wildman–Crippen MR) is 85.7 cm³/mol.